The first-order valence-electron chi connectivity index (χ1n) is 16.2. The number of ether oxygens (including phenoxy) is 1. The Labute approximate surface area is 275 Å². The molecule has 1 aliphatic heterocycles. The second-order valence-electron chi connectivity index (χ2n) is 13.6. The van der Waals surface area contributed by atoms with Gasteiger partial charge in [0.15, 0.2) is 5.60 Å². The van der Waals surface area contributed by atoms with Gasteiger partial charge in [-0.25, -0.2) is 4.39 Å². The van der Waals surface area contributed by atoms with Crippen LogP contribution in [0.2, 0.25) is 0 Å². The molecule has 0 saturated heterocycles. The van der Waals surface area contributed by atoms with Crippen molar-refractivity contribution in [1.29, 1.82) is 0 Å². The predicted octanol–water partition coefficient (Wildman–Crippen LogP) is 10.9. The largest absolute Gasteiger partial charge is 0.472 e. The molecule has 47 heavy (non-hydrogen) atoms. The molecule has 3 heteroatoms. The van der Waals surface area contributed by atoms with E-state index in [1.807, 2.05) is 12.1 Å². The summed E-state index contributed by atoms with van der Waals surface area (Å²) in [6.45, 7) is 4.59. The minimum absolute atomic E-state index is 0.274. The van der Waals surface area contributed by atoms with Crippen LogP contribution in [0, 0.1) is 5.82 Å². The standard InChI is InChI=1S/C44H30FOP/c1-43(2)38-24-27(47)16-18-34(38)40-32-17-15-26(45)23-36(32)42-35(41(40)43)21-22-44(46-42,25-9-4-3-5-10-25)37-20-19-31-29-12-7-6-11-28(29)30-13-8-14-33(37)39(30)31/h3-24H,47H2,1-2H3. The first-order chi connectivity index (χ1) is 22.9. The van der Waals surface area contributed by atoms with Gasteiger partial charge >= 0.3 is 0 Å². The molecule has 0 amide bonds. The van der Waals surface area contributed by atoms with Crippen molar-refractivity contribution in [1.82, 2.24) is 0 Å². The Kier molecular flexibility index (Phi) is 5.35. The number of fused-ring (bicyclic) bond motifs is 11. The second-order valence-corrected chi connectivity index (χ2v) is 14.3. The molecule has 2 atom stereocenters. The second kappa shape index (κ2) is 9.28. The monoisotopic (exact) mass is 624 g/mol. The van der Waals surface area contributed by atoms with Crippen molar-refractivity contribution in [2.45, 2.75) is 24.9 Å². The van der Waals surface area contributed by atoms with Gasteiger partial charge in [-0.2, -0.15) is 0 Å². The molecule has 0 saturated carbocycles. The van der Waals surface area contributed by atoms with Crippen LogP contribution in [0.5, 0.6) is 5.75 Å². The first kappa shape index (κ1) is 27.1. The van der Waals surface area contributed by atoms with Gasteiger partial charge in [0.2, 0.25) is 0 Å². The molecule has 1 heterocycles. The van der Waals surface area contributed by atoms with Crippen LogP contribution in [-0.4, -0.2) is 0 Å². The lowest BCUT2D eigenvalue weighted by molar-refractivity contribution is 0.165. The Hall–Kier alpha value is -5.04. The molecule has 0 fully saturated rings. The molecule has 3 aliphatic rings. The van der Waals surface area contributed by atoms with E-state index in [-0.39, 0.29) is 11.2 Å². The molecular formula is C44H30FOP. The zero-order valence-corrected chi connectivity index (χ0v) is 27.2. The fourth-order valence-corrected chi connectivity index (χ4v) is 9.01. The summed E-state index contributed by atoms with van der Waals surface area (Å²) < 4.78 is 22.8. The van der Waals surface area contributed by atoms with Crippen LogP contribution in [0.4, 0.5) is 4.39 Å². The number of halogens is 1. The van der Waals surface area contributed by atoms with Gasteiger partial charge in [-0.05, 0) is 84.2 Å². The maximum atomic E-state index is 15.3. The highest BCUT2D eigenvalue weighted by Crippen LogP contribution is 2.59. The summed E-state index contributed by atoms with van der Waals surface area (Å²) in [5.41, 5.74) is 11.8. The molecule has 2 unspecified atom stereocenters. The first-order valence-corrected chi connectivity index (χ1v) is 16.7. The fraction of sp³-hybridized carbons (Fsp3) is 0.0909. The molecule has 7 aromatic carbocycles. The van der Waals surface area contributed by atoms with Gasteiger partial charge in [-0.1, -0.05) is 129 Å². The van der Waals surface area contributed by atoms with Crippen molar-refractivity contribution < 1.29 is 9.13 Å². The lowest BCUT2D eigenvalue weighted by Crippen LogP contribution is -2.35. The van der Waals surface area contributed by atoms with E-state index in [9.17, 15) is 0 Å². The Bertz CT molecular complexity index is 2520. The van der Waals surface area contributed by atoms with Crippen molar-refractivity contribution >= 4 is 42.2 Å². The molecule has 7 aromatic rings. The van der Waals surface area contributed by atoms with Crippen molar-refractivity contribution in [3.05, 3.63) is 161 Å². The lowest BCUT2D eigenvalue weighted by atomic mass is 9.76. The highest BCUT2D eigenvalue weighted by molar-refractivity contribution is 7.27. The number of hydrogen-bond donors (Lipinski definition) is 0. The molecule has 0 radical (unpaired) electrons. The average Bonchev–Trinajstić information content (AvgIpc) is 3.54. The Morgan fingerprint density at radius 2 is 1.34 bits per heavy atom. The van der Waals surface area contributed by atoms with E-state index in [1.165, 1.54) is 49.9 Å². The summed E-state index contributed by atoms with van der Waals surface area (Å²) in [5, 5.41) is 5.36. The third-order valence-electron chi connectivity index (χ3n) is 10.8. The van der Waals surface area contributed by atoms with Crippen LogP contribution in [0.15, 0.2) is 127 Å². The summed E-state index contributed by atoms with van der Waals surface area (Å²) in [6.07, 6.45) is 4.49. The summed E-state index contributed by atoms with van der Waals surface area (Å²) in [6, 6.07) is 42.0. The number of benzene rings is 7. The van der Waals surface area contributed by atoms with E-state index < -0.39 is 5.60 Å². The van der Waals surface area contributed by atoms with Crippen molar-refractivity contribution in [2.75, 3.05) is 0 Å². The lowest BCUT2D eigenvalue weighted by Gasteiger charge is -2.39. The number of hydrogen-bond acceptors (Lipinski definition) is 1. The van der Waals surface area contributed by atoms with Crippen molar-refractivity contribution in [3.63, 3.8) is 0 Å². The molecule has 0 N–H and O–H groups in total. The van der Waals surface area contributed by atoms with Crippen LogP contribution < -0.4 is 10.0 Å². The average molecular weight is 625 g/mol. The summed E-state index contributed by atoms with van der Waals surface area (Å²) >= 11 is 0. The highest BCUT2D eigenvalue weighted by Gasteiger charge is 2.45. The van der Waals surface area contributed by atoms with Gasteiger partial charge in [0.1, 0.15) is 11.6 Å². The maximum absolute atomic E-state index is 15.3. The quantitative estimate of drug-likeness (QED) is 0.174. The molecule has 1 nitrogen and oxygen atoms in total. The molecule has 10 rings (SSSR count). The Balaban J connectivity index is 1.30. The minimum atomic E-state index is -0.948. The topological polar surface area (TPSA) is 9.23 Å². The van der Waals surface area contributed by atoms with Crippen LogP contribution in [0.3, 0.4) is 0 Å². The van der Waals surface area contributed by atoms with E-state index >= 15 is 4.39 Å². The summed E-state index contributed by atoms with van der Waals surface area (Å²) in [7, 11) is 2.85. The molecule has 0 spiro atoms. The SMILES string of the molecule is CC1(C)c2cc(P)ccc2-c2c1c1c(c3cc(F)ccc23)OC(c2ccccc2)(c2ccc3c4c(cccc24)-c2ccccc2-3)C=C1. The zero-order chi connectivity index (χ0) is 31.7. The van der Waals surface area contributed by atoms with Crippen molar-refractivity contribution in [2.24, 2.45) is 0 Å². The van der Waals surface area contributed by atoms with Gasteiger partial charge in [0, 0.05) is 27.5 Å². The van der Waals surface area contributed by atoms with E-state index in [1.54, 1.807) is 12.1 Å². The van der Waals surface area contributed by atoms with Gasteiger partial charge < -0.3 is 4.74 Å². The van der Waals surface area contributed by atoms with Gasteiger partial charge in [0.25, 0.3) is 0 Å². The third-order valence-corrected chi connectivity index (χ3v) is 11.1. The van der Waals surface area contributed by atoms with Crippen molar-refractivity contribution in [3.8, 4) is 39.1 Å². The maximum Gasteiger partial charge on any atom is 0.178 e. The van der Waals surface area contributed by atoms with E-state index in [0.717, 1.165) is 43.9 Å². The summed E-state index contributed by atoms with van der Waals surface area (Å²) in [5.74, 6) is 0.451. The molecule has 0 bridgehead atoms. The van der Waals surface area contributed by atoms with Gasteiger partial charge in [-0.3, -0.25) is 0 Å². The molecule has 2 aliphatic carbocycles. The van der Waals surface area contributed by atoms with E-state index in [4.69, 9.17) is 4.74 Å². The minimum Gasteiger partial charge on any atom is -0.472 e. The molecule has 224 valence electrons. The third kappa shape index (κ3) is 3.46. The van der Waals surface area contributed by atoms with Crippen LogP contribution >= 0.6 is 9.24 Å². The Morgan fingerprint density at radius 3 is 2.15 bits per heavy atom. The number of rotatable bonds is 2. The normalized spacial score (nSPS) is 17.7. The van der Waals surface area contributed by atoms with Crippen LogP contribution in [0.1, 0.15) is 41.7 Å². The fourth-order valence-electron chi connectivity index (χ4n) is 8.75. The van der Waals surface area contributed by atoms with E-state index in [2.05, 4.69) is 132 Å². The van der Waals surface area contributed by atoms with Crippen LogP contribution in [-0.2, 0) is 11.0 Å². The summed E-state index contributed by atoms with van der Waals surface area (Å²) in [4.78, 5) is 0. The predicted molar refractivity (Wildman–Crippen MR) is 196 cm³/mol. The molecule has 0 aromatic heterocycles. The van der Waals surface area contributed by atoms with E-state index in [0.29, 0.717) is 0 Å². The zero-order valence-electron chi connectivity index (χ0n) is 26.1. The Morgan fingerprint density at radius 1 is 0.617 bits per heavy atom. The van der Waals surface area contributed by atoms with Crippen LogP contribution in [0.25, 0.3) is 61.0 Å². The highest BCUT2D eigenvalue weighted by atomic mass is 31.0. The molecular weight excluding hydrogens is 594 g/mol. The van der Waals surface area contributed by atoms with Gasteiger partial charge in [0.05, 0.1) is 0 Å². The van der Waals surface area contributed by atoms with Gasteiger partial charge in [-0.15, -0.1) is 9.24 Å². The smallest absolute Gasteiger partial charge is 0.178 e.